The molecule has 0 saturated carbocycles. The van der Waals surface area contributed by atoms with E-state index in [2.05, 4.69) is 49.8 Å². The molecule has 0 atom stereocenters. The summed E-state index contributed by atoms with van der Waals surface area (Å²) in [6.07, 6.45) is 8.98. The highest BCUT2D eigenvalue weighted by atomic mass is 16.1. The maximum absolute atomic E-state index is 11.5. The van der Waals surface area contributed by atoms with E-state index in [1.807, 2.05) is 18.3 Å². The first kappa shape index (κ1) is 17.5. The summed E-state index contributed by atoms with van der Waals surface area (Å²) in [5, 5.41) is 3.64. The smallest absolute Gasteiger partial charge is 0.248 e. The lowest BCUT2D eigenvalue weighted by atomic mass is 10.1. The van der Waals surface area contributed by atoms with E-state index < -0.39 is 0 Å². The topological polar surface area (TPSA) is 96.5 Å². The third-order valence-corrected chi connectivity index (χ3v) is 4.42. The van der Waals surface area contributed by atoms with Crippen molar-refractivity contribution in [2.75, 3.05) is 5.32 Å². The van der Waals surface area contributed by atoms with Crippen LogP contribution < -0.4 is 5.32 Å². The Hall–Kier alpha value is -3.87. The third kappa shape index (κ3) is 3.37. The monoisotopic (exact) mass is 370 g/mol. The average molecular weight is 370 g/mol. The van der Waals surface area contributed by atoms with Crippen LogP contribution in [0.1, 0.15) is 12.6 Å². The van der Waals surface area contributed by atoms with Crippen molar-refractivity contribution >= 4 is 22.8 Å². The summed E-state index contributed by atoms with van der Waals surface area (Å²) in [4.78, 5) is 32.1. The number of nitrogens with one attached hydrogen (secondary N) is 2. The molecule has 7 nitrogen and oxygen atoms in total. The van der Waals surface area contributed by atoms with Crippen LogP contribution >= 0.6 is 0 Å². The number of aromatic nitrogens is 5. The van der Waals surface area contributed by atoms with E-state index in [0.717, 1.165) is 45.5 Å². The molecule has 4 heterocycles. The van der Waals surface area contributed by atoms with E-state index in [-0.39, 0.29) is 5.91 Å². The van der Waals surface area contributed by atoms with Gasteiger partial charge in [0.05, 0.1) is 5.69 Å². The Bertz CT molecular complexity index is 1180. The summed E-state index contributed by atoms with van der Waals surface area (Å²) in [6, 6.07) is 7.72. The Morgan fingerprint density at radius 2 is 2.07 bits per heavy atom. The Balaban J connectivity index is 1.77. The van der Waals surface area contributed by atoms with Crippen molar-refractivity contribution in [1.82, 2.24) is 24.9 Å². The largest absolute Gasteiger partial charge is 0.345 e. The Morgan fingerprint density at radius 3 is 2.89 bits per heavy atom. The zero-order chi connectivity index (χ0) is 19.5. The normalized spacial score (nSPS) is 10.8. The zero-order valence-electron chi connectivity index (χ0n) is 15.3. The average Bonchev–Trinajstić information content (AvgIpc) is 3.17. The Labute approximate surface area is 161 Å². The molecule has 0 unspecified atom stereocenters. The van der Waals surface area contributed by atoms with Crippen LogP contribution in [0.15, 0.2) is 61.8 Å². The predicted octanol–water partition coefficient (Wildman–Crippen LogP) is 3.77. The van der Waals surface area contributed by atoms with Gasteiger partial charge in [0.15, 0.2) is 0 Å². The fourth-order valence-electron chi connectivity index (χ4n) is 2.97. The van der Waals surface area contributed by atoms with E-state index in [9.17, 15) is 4.79 Å². The Morgan fingerprint density at radius 1 is 1.18 bits per heavy atom. The van der Waals surface area contributed by atoms with E-state index in [1.54, 1.807) is 24.8 Å². The molecular formula is C21H18N6O. The summed E-state index contributed by atoms with van der Waals surface area (Å²) in [5.41, 5.74) is 5.40. The maximum atomic E-state index is 11.5. The van der Waals surface area contributed by atoms with Crippen molar-refractivity contribution in [3.63, 3.8) is 0 Å². The number of rotatable bonds is 5. The molecule has 0 fully saturated rings. The summed E-state index contributed by atoms with van der Waals surface area (Å²) >= 11 is 0. The van der Waals surface area contributed by atoms with Crippen LogP contribution in [0.2, 0.25) is 0 Å². The molecule has 1 amide bonds. The molecule has 0 bridgehead atoms. The molecule has 7 heteroatoms. The molecule has 0 aliphatic heterocycles. The SMILES string of the molecule is C=CC(=O)Nc1cc(-c2cnc3[nH]cc(-c4cc(CC)ncn4)c3c2)ccn1. The second kappa shape index (κ2) is 7.40. The van der Waals surface area contributed by atoms with Gasteiger partial charge in [0.2, 0.25) is 5.91 Å². The minimum Gasteiger partial charge on any atom is -0.345 e. The first-order valence-electron chi connectivity index (χ1n) is 8.86. The number of fused-ring (bicyclic) bond motifs is 1. The van der Waals surface area contributed by atoms with Gasteiger partial charge in [0.1, 0.15) is 17.8 Å². The fourth-order valence-corrected chi connectivity index (χ4v) is 2.97. The number of aryl methyl sites for hydroxylation is 1. The number of pyridine rings is 2. The van der Waals surface area contributed by atoms with Gasteiger partial charge < -0.3 is 10.3 Å². The number of aromatic amines is 1. The number of carbonyl (C=O) groups excluding carboxylic acids is 1. The standard InChI is InChI=1S/C21H18N6O/c1-3-15-9-18(26-12-25-15)17-11-24-21-16(17)7-14(10-23-21)13-5-6-22-19(8-13)27-20(28)4-2/h4-12H,2-3H2,1H3,(H,23,24)(H,22,27,28). The lowest BCUT2D eigenvalue weighted by molar-refractivity contribution is -0.111. The molecule has 4 aromatic rings. The zero-order valence-corrected chi connectivity index (χ0v) is 15.3. The van der Waals surface area contributed by atoms with Gasteiger partial charge in [-0.15, -0.1) is 0 Å². The second-order valence-electron chi connectivity index (χ2n) is 6.19. The van der Waals surface area contributed by atoms with Gasteiger partial charge in [-0.1, -0.05) is 13.5 Å². The minimum absolute atomic E-state index is 0.304. The molecule has 0 radical (unpaired) electrons. The lowest BCUT2D eigenvalue weighted by Crippen LogP contribution is -2.08. The van der Waals surface area contributed by atoms with Crippen molar-refractivity contribution in [2.45, 2.75) is 13.3 Å². The molecular weight excluding hydrogens is 352 g/mol. The summed E-state index contributed by atoms with van der Waals surface area (Å²) in [5.74, 6) is 0.154. The second-order valence-corrected chi connectivity index (χ2v) is 6.19. The van der Waals surface area contributed by atoms with Gasteiger partial charge in [-0.2, -0.15) is 0 Å². The van der Waals surface area contributed by atoms with E-state index in [1.165, 1.54) is 6.08 Å². The van der Waals surface area contributed by atoms with Crippen LogP contribution in [0, 0.1) is 0 Å². The van der Waals surface area contributed by atoms with Gasteiger partial charge in [-0.25, -0.2) is 19.9 Å². The minimum atomic E-state index is -0.304. The molecule has 2 N–H and O–H groups in total. The fraction of sp³-hybridized carbons (Fsp3) is 0.0952. The summed E-state index contributed by atoms with van der Waals surface area (Å²) in [7, 11) is 0. The number of anilines is 1. The number of hydrogen-bond acceptors (Lipinski definition) is 5. The molecule has 28 heavy (non-hydrogen) atoms. The first-order chi connectivity index (χ1) is 13.7. The highest BCUT2D eigenvalue weighted by Gasteiger charge is 2.11. The highest BCUT2D eigenvalue weighted by Crippen LogP contribution is 2.30. The van der Waals surface area contributed by atoms with Crippen LogP contribution in [0.3, 0.4) is 0 Å². The van der Waals surface area contributed by atoms with Gasteiger partial charge in [0, 0.05) is 40.8 Å². The molecule has 0 aromatic carbocycles. The number of amides is 1. The Kier molecular flexibility index (Phi) is 4.63. The molecule has 4 rings (SSSR count). The van der Waals surface area contributed by atoms with Crippen molar-refractivity contribution in [2.24, 2.45) is 0 Å². The predicted molar refractivity (Wildman–Crippen MR) is 109 cm³/mol. The van der Waals surface area contributed by atoms with Crippen LogP contribution in [0.25, 0.3) is 33.4 Å². The molecule has 0 aliphatic rings. The molecule has 4 aromatic heterocycles. The van der Waals surface area contributed by atoms with E-state index in [4.69, 9.17) is 0 Å². The van der Waals surface area contributed by atoms with Crippen LogP contribution in [0.5, 0.6) is 0 Å². The molecule has 138 valence electrons. The molecule has 0 spiro atoms. The van der Waals surface area contributed by atoms with E-state index >= 15 is 0 Å². The van der Waals surface area contributed by atoms with Crippen LogP contribution in [-0.4, -0.2) is 30.8 Å². The number of hydrogen-bond donors (Lipinski definition) is 2. The number of H-pyrrole nitrogens is 1. The van der Waals surface area contributed by atoms with Crippen molar-refractivity contribution in [1.29, 1.82) is 0 Å². The van der Waals surface area contributed by atoms with Crippen molar-refractivity contribution in [3.8, 4) is 22.4 Å². The van der Waals surface area contributed by atoms with Gasteiger partial charge in [-0.3, -0.25) is 4.79 Å². The lowest BCUT2D eigenvalue weighted by Gasteiger charge is -2.06. The molecule has 0 aliphatic carbocycles. The molecule has 0 saturated heterocycles. The van der Waals surface area contributed by atoms with Gasteiger partial charge in [0.25, 0.3) is 0 Å². The maximum Gasteiger partial charge on any atom is 0.248 e. The number of nitrogens with zero attached hydrogens (tertiary/aromatic N) is 4. The highest BCUT2D eigenvalue weighted by molar-refractivity contribution is 5.99. The summed E-state index contributed by atoms with van der Waals surface area (Å²) < 4.78 is 0. The quantitative estimate of drug-likeness (QED) is 0.521. The van der Waals surface area contributed by atoms with Gasteiger partial charge in [-0.05, 0) is 42.3 Å². The third-order valence-electron chi connectivity index (χ3n) is 4.42. The first-order valence-corrected chi connectivity index (χ1v) is 8.86. The van der Waals surface area contributed by atoms with Crippen molar-refractivity contribution in [3.05, 3.63) is 67.5 Å². The van der Waals surface area contributed by atoms with Gasteiger partial charge >= 0.3 is 0 Å². The van der Waals surface area contributed by atoms with Crippen LogP contribution in [-0.2, 0) is 11.2 Å². The number of carbonyl (C=O) groups is 1. The van der Waals surface area contributed by atoms with Crippen LogP contribution in [0.4, 0.5) is 5.82 Å². The van der Waals surface area contributed by atoms with E-state index in [0.29, 0.717) is 5.82 Å². The summed E-state index contributed by atoms with van der Waals surface area (Å²) in [6.45, 7) is 5.52. The van der Waals surface area contributed by atoms with Crippen molar-refractivity contribution < 1.29 is 4.79 Å².